The number of halogens is 2. The van der Waals surface area contributed by atoms with Gasteiger partial charge in [0.1, 0.15) is 0 Å². The topological polar surface area (TPSA) is 0 Å². The molecular formula is C22H25Cl2Zr-. The predicted octanol–water partition coefficient (Wildman–Crippen LogP) is 7.77. The van der Waals surface area contributed by atoms with E-state index < -0.39 is 20.8 Å². The second kappa shape index (κ2) is 8.94. The molecule has 3 aromatic carbocycles. The molecule has 0 heterocycles. The Morgan fingerprint density at radius 1 is 1.04 bits per heavy atom. The number of hydrogen-bond acceptors (Lipinski definition) is 0. The first-order valence-corrected chi connectivity index (χ1v) is 14.9. The van der Waals surface area contributed by atoms with Crippen molar-refractivity contribution in [2.45, 2.75) is 46.5 Å². The summed E-state index contributed by atoms with van der Waals surface area (Å²) in [6.07, 6.45) is 1.07. The molecular weight excluding hydrogens is 426 g/mol. The van der Waals surface area contributed by atoms with E-state index in [0.717, 1.165) is 6.42 Å². The molecule has 3 aromatic rings. The standard InChI is InChI=1S/C22H25.2ClH.Zr/c1-6-16-9-7-8-10-18(16)21-19-14-15(2)13-17(19)11-12-20(21)22(3,4)5;;;/h7-14H,6H2,1-5H3;2*1H;/q-1;;;+2/p-2. The van der Waals surface area contributed by atoms with E-state index in [9.17, 15) is 0 Å². The van der Waals surface area contributed by atoms with Crippen LogP contribution < -0.4 is 0 Å². The summed E-state index contributed by atoms with van der Waals surface area (Å²) < 4.78 is 0. The van der Waals surface area contributed by atoms with Crippen LogP contribution in [0.5, 0.6) is 0 Å². The van der Waals surface area contributed by atoms with Crippen molar-refractivity contribution < 1.29 is 20.8 Å². The molecule has 25 heavy (non-hydrogen) atoms. The zero-order chi connectivity index (χ0) is 18.6. The van der Waals surface area contributed by atoms with E-state index in [1.165, 1.54) is 38.6 Å². The molecule has 0 saturated carbocycles. The molecule has 0 aromatic heterocycles. The Hall–Kier alpha value is -0.487. The van der Waals surface area contributed by atoms with Crippen LogP contribution in [0.15, 0.2) is 48.5 Å². The summed E-state index contributed by atoms with van der Waals surface area (Å²) in [7, 11) is 9.87. The van der Waals surface area contributed by atoms with E-state index in [4.69, 9.17) is 17.0 Å². The molecule has 0 bridgehead atoms. The minimum absolute atomic E-state index is 0.134. The molecule has 0 radical (unpaired) electrons. The number of hydrogen-bond donors (Lipinski definition) is 0. The van der Waals surface area contributed by atoms with Gasteiger partial charge < -0.3 is 0 Å². The zero-order valence-corrected chi connectivity index (χ0v) is 19.6. The normalized spacial score (nSPS) is 11.2. The van der Waals surface area contributed by atoms with Crippen LogP contribution in [0, 0.1) is 6.92 Å². The first kappa shape index (κ1) is 20.8. The number of fused-ring (bicyclic) bond motifs is 1. The van der Waals surface area contributed by atoms with E-state index >= 15 is 0 Å². The van der Waals surface area contributed by atoms with Gasteiger partial charge in [-0.05, 0) is 23.0 Å². The summed E-state index contributed by atoms with van der Waals surface area (Å²) >= 11 is -0.826. The summed E-state index contributed by atoms with van der Waals surface area (Å²) in [5.41, 5.74) is 7.17. The molecule has 0 nitrogen and oxygen atoms in total. The number of aryl methyl sites for hydroxylation is 2. The Bertz CT molecular complexity index is 841. The Morgan fingerprint density at radius 3 is 2.28 bits per heavy atom. The van der Waals surface area contributed by atoms with Crippen molar-refractivity contribution in [3.05, 3.63) is 65.2 Å². The van der Waals surface area contributed by atoms with Gasteiger partial charge in [-0.25, -0.2) is 0 Å². The van der Waals surface area contributed by atoms with Crippen molar-refractivity contribution in [3.8, 4) is 11.1 Å². The van der Waals surface area contributed by atoms with Gasteiger partial charge in [0, 0.05) is 0 Å². The van der Waals surface area contributed by atoms with Crippen molar-refractivity contribution in [3.63, 3.8) is 0 Å². The molecule has 0 fully saturated rings. The SMILES string of the molecule is CCc1ccccc1-c1c(C(C)(C)C)ccc2[cH-]c(C)cc12.[Cl][Zr][Cl]. The van der Waals surface area contributed by atoms with E-state index in [-0.39, 0.29) is 5.41 Å². The van der Waals surface area contributed by atoms with Gasteiger partial charge >= 0.3 is 37.9 Å². The van der Waals surface area contributed by atoms with Gasteiger partial charge in [-0.2, -0.15) is 6.07 Å². The predicted molar refractivity (Wildman–Crippen MR) is 109 cm³/mol. The third-order valence-electron chi connectivity index (χ3n) is 4.51. The fourth-order valence-corrected chi connectivity index (χ4v) is 3.42. The second-order valence-electron chi connectivity index (χ2n) is 7.36. The molecule has 0 N–H and O–H groups in total. The Labute approximate surface area is 170 Å². The Morgan fingerprint density at radius 2 is 1.68 bits per heavy atom. The van der Waals surface area contributed by atoms with Crippen LogP contribution in [0.1, 0.15) is 44.4 Å². The summed E-state index contributed by atoms with van der Waals surface area (Å²) in [6.45, 7) is 11.4. The van der Waals surface area contributed by atoms with Crippen LogP contribution in [0.4, 0.5) is 0 Å². The van der Waals surface area contributed by atoms with E-state index in [2.05, 4.69) is 83.1 Å². The molecule has 0 atom stereocenters. The van der Waals surface area contributed by atoms with Gasteiger partial charge in [-0.15, -0.1) is 34.5 Å². The first-order chi connectivity index (χ1) is 11.8. The molecule has 0 spiro atoms. The van der Waals surface area contributed by atoms with Gasteiger partial charge in [0.2, 0.25) is 0 Å². The van der Waals surface area contributed by atoms with Gasteiger partial charge in [-0.3, -0.25) is 0 Å². The number of benzene rings is 2. The second-order valence-corrected chi connectivity index (χ2v) is 11.1. The van der Waals surface area contributed by atoms with Crippen LogP contribution >= 0.6 is 17.0 Å². The zero-order valence-electron chi connectivity index (χ0n) is 15.6. The fourth-order valence-electron chi connectivity index (χ4n) is 3.42. The maximum atomic E-state index is 4.93. The van der Waals surface area contributed by atoms with E-state index in [1.54, 1.807) is 0 Å². The van der Waals surface area contributed by atoms with Crippen LogP contribution in [0.3, 0.4) is 0 Å². The van der Waals surface area contributed by atoms with Crippen LogP contribution in [-0.4, -0.2) is 0 Å². The van der Waals surface area contributed by atoms with Crippen molar-refractivity contribution in [1.82, 2.24) is 0 Å². The van der Waals surface area contributed by atoms with Gasteiger partial charge in [0.15, 0.2) is 0 Å². The van der Waals surface area contributed by atoms with Crippen molar-refractivity contribution >= 4 is 27.8 Å². The van der Waals surface area contributed by atoms with E-state index in [0.29, 0.717) is 0 Å². The molecule has 3 rings (SSSR count). The summed E-state index contributed by atoms with van der Waals surface area (Å²) in [6, 6.07) is 18.1. The molecule has 0 aliphatic carbocycles. The molecule has 3 heteroatoms. The molecule has 0 aliphatic heterocycles. The monoisotopic (exact) mass is 449 g/mol. The molecule has 0 unspecified atom stereocenters. The first-order valence-electron chi connectivity index (χ1n) is 8.58. The summed E-state index contributed by atoms with van der Waals surface area (Å²) in [5.74, 6) is 0. The number of rotatable bonds is 2. The van der Waals surface area contributed by atoms with Crippen molar-refractivity contribution in [2.75, 3.05) is 0 Å². The summed E-state index contributed by atoms with van der Waals surface area (Å²) in [4.78, 5) is 0. The van der Waals surface area contributed by atoms with E-state index in [1.807, 2.05) is 0 Å². The van der Waals surface area contributed by atoms with Crippen molar-refractivity contribution in [1.29, 1.82) is 0 Å². The van der Waals surface area contributed by atoms with Gasteiger partial charge in [0.25, 0.3) is 0 Å². The van der Waals surface area contributed by atoms with Crippen LogP contribution in [0.25, 0.3) is 21.9 Å². The van der Waals surface area contributed by atoms with Crippen LogP contribution in [0.2, 0.25) is 0 Å². The molecule has 0 aliphatic rings. The van der Waals surface area contributed by atoms with Gasteiger partial charge in [0.05, 0.1) is 0 Å². The average molecular weight is 452 g/mol. The fraction of sp³-hybridized carbons (Fsp3) is 0.318. The Balaban J connectivity index is 0.000000701. The van der Waals surface area contributed by atoms with Crippen molar-refractivity contribution in [2.24, 2.45) is 0 Å². The molecule has 0 amide bonds. The minimum atomic E-state index is -0.826. The average Bonchev–Trinajstić information content (AvgIpc) is 2.94. The summed E-state index contributed by atoms with van der Waals surface area (Å²) in [5, 5.41) is 2.75. The van der Waals surface area contributed by atoms with Crippen LogP contribution in [-0.2, 0) is 32.7 Å². The maximum absolute atomic E-state index is 4.93. The quantitative estimate of drug-likeness (QED) is 0.349. The molecule has 132 valence electrons. The third-order valence-corrected chi connectivity index (χ3v) is 4.51. The Kier molecular flexibility index (Phi) is 7.44. The third kappa shape index (κ3) is 4.82. The van der Waals surface area contributed by atoms with Gasteiger partial charge in [-0.1, -0.05) is 70.0 Å². The molecule has 0 saturated heterocycles.